The lowest BCUT2D eigenvalue weighted by Gasteiger charge is -2.34. The lowest BCUT2D eigenvalue weighted by molar-refractivity contribution is -0.144. The molecule has 1 unspecified atom stereocenters. The summed E-state index contributed by atoms with van der Waals surface area (Å²) in [5.74, 6) is -0.467. The second-order valence-corrected chi connectivity index (χ2v) is 12.5. The molecule has 1 amide bonds. The zero-order valence-electron chi connectivity index (χ0n) is 17.0. The minimum atomic E-state index is -0.766. The van der Waals surface area contributed by atoms with E-state index in [0.29, 0.717) is 0 Å². The maximum atomic E-state index is 13.1. The molecule has 1 aromatic rings. The lowest BCUT2D eigenvalue weighted by Crippen LogP contribution is -2.48. The van der Waals surface area contributed by atoms with Crippen LogP contribution in [0.2, 0.25) is 0 Å². The van der Waals surface area contributed by atoms with Gasteiger partial charge in [-0.15, -0.1) is 0 Å². The molecule has 0 bridgehead atoms. The number of benzene rings is 1. The van der Waals surface area contributed by atoms with Gasteiger partial charge in [0, 0.05) is 10.5 Å². The fourth-order valence-corrected chi connectivity index (χ4v) is 8.78. The molecular formula is C19H29NO4PS3+. The Labute approximate surface area is 183 Å². The third-order valence-corrected chi connectivity index (χ3v) is 9.40. The summed E-state index contributed by atoms with van der Waals surface area (Å²) in [7, 11) is -0.0230. The molecule has 0 spiro atoms. The quantitative estimate of drug-likeness (QED) is 0.254. The molecule has 0 saturated heterocycles. The van der Waals surface area contributed by atoms with Gasteiger partial charge in [-0.1, -0.05) is 81.6 Å². The lowest BCUT2D eigenvalue weighted by atomic mass is 10.2. The SMILES string of the molecule is CCOC(=O)CN(C(=O)OCc1ccccc1)C([PH+]=S)(SC(C)C)SC(C)C. The molecule has 0 aliphatic carbocycles. The van der Waals surface area contributed by atoms with Gasteiger partial charge in [-0.3, -0.25) is 4.79 Å². The predicted octanol–water partition coefficient (Wildman–Crippen LogP) is 5.22. The summed E-state index contributed by atoms with van der Waals surface area (Å²) in [4.78, 5) is 26.8. The minimum absolute atomic E-state index is 0.0230. The molecule has 0 fully saturated rings. The summed E-state index contributed by atoms with van der Waals surface area (Å²) in [5.41, 5.74) is 0.881. The molecule has 0 aliphatic rings. The second kappa shape index (κ2) is 12.7. The van der Waals surface area contributed by atoms with Crippen LogP contribution >= 0.6 is 30.9 Å². The molecule has 0 aliphatic heterocycles. The summed E-state index contributed by atoms with van der Waals surface area (Å²) in [6.07, 6.45) is -0.560. The van der Waals surface area contributed by atoms with Crippen molar-refractivity contribution in [2.75, 3.05) is 13.2 Å². The van der Waals surface area contributed by atoms with Gasteiger partial charge in [0.2, 0.25) is 7.36 Å². The fraction of sp³-hybridized carbons (Fsp3) is 0.579. The molecule has 0 radical (unpaired) electrons. The standard InChI is InChI=1S/C19H28NO4PS3/c1-6-23-17(21)12-20(18(22)24-13-16-10-8-7-9-11-16)19(25-26,27-14(2)3)28-15(4)5/h7-11,14-15H,6,12-13H2,1-5H3/p+1. The van der Waals surface area contributed by atoms with E-state index in [0.717, 1.165) is 5.56 Å². The van der Waals surface area contributed by atoms with E-state index in [1.807, 2.05) is 58.0 Å². The number of ether oxygens (including phenoxy) is 2. The molecular weight excluding hydrogens is 433 g/mol. The number of hydrogen-bond donors (Lipinski definition) is 0. The summed E-state index contributed by atoms with van der Waals surface area (Å²) < 4.78 is 9.88. The van der Waals surface area contributed by atoms with Crippen molar-refractivity contribution in [3.05, 3.63) is 35.9 Å². The van der Waals surface area contributed by atoms with Crippen molar-refractivity contribution in [2.24, 2.45) is 0 Å². The fourth-order valence-electron chi connectivity index (χ4n) is 2.32. The van der Waals surface area contributed by atoms with Gasteiger partial charge in [0.05, 0.1) is 6.61 Å². The van der Waals surface area contributed by atoms with Crippen LogP contribution in [0, 0.1) is 0 Å². The molecule has 28 heavy (non-hydrogen) atoms. The van der Waals surface area contributed by atoms with E-state index >= 15 is 0 Å². The molecule has 1 rings (SSSR count). The van der Waals surface area contributed by atoms with E-state index in [9.17, 15) is 9.59 Å². The topological polar surface area (TPSA) is 55.8 Å². The van der Waals surface area contributed by atoms with E-state index < -0.39 is 16.0 Å². The van der Waals surface area contributed by atoms with Gasteiger partial charge in [0.1, 0.15) is 13.2 Å². The van der Waals surface area contributed by atoms with Crippen LogP contribution in [0.15, 0.2) is 30.3 Å². The number of carbonyl (C=O) groups excluding carboxylic acids is 2. The zero-order valence-corrected chi connectivity index (χ0v) is 20.4. The van der Waals surface area contributed by atoms with Crippen LogP contribution in [-0.4, -0.2) is 44.6 Å². The van der Waals surface area contributed by atoms with E-state index in [1.54, 1.807) is 30.4 Å². The van der Waals surface area contributed by atoms with Crippen LogP contribution in [0.5, 0.6) is 0 Å². The van der Waals surface area contributed by atoms with Crippen LogP contribution in [0.1, 0.15) is 40.2 Å². The van der Waals surface area contributed by atoms with Gasteiger partial charge in [-0.05, 0) is 12.5 Å². The van der Waals surface area contributed by atoms with Crippen LogP contribution in [0.3, 0.4) is 0 Å². The highest BCUT2D eigenvalue weighted by molar-refractivity contribution is 8.27. The van der Waals surface area contributed by atoms with Crippen LogP contribution in [0.4, 0.5) is 4.79 Å². The average molecular weight is 463 g/mol. The van der Waals surface area contributed by atoms with Gasteiger partial charge < -0.3 is 9.47 Å². The summed E-state index contributed by atoms with van der Waals surface area (Å²) >= 11 is 8.66. The van der Waals surface area contributed by atoms with Crippen molar-refractivity contribution in [3.63, 3.8) is 0 Å². The van der Waals surface area contributed by atoms with Crippen molar-refractivity contribution in [3.8, 4) is 0 Å². The summed E-state index contributed by atoms with van der Waals surface area (Å²) in [6, 6.07) is 9.45. The molecule has 1 atom stereocenters. The largest absolute Gasteiger partial charge is 0.465 e. The number of amides is 1. The summed E-state index contributed by atoms with van der Waals surface area (Å²) in [6.45, 7) is 10.1. The Morgan fingerprint density at radius 2 is 1.68 bits per heavy atom. The Kier molecular flexibility index (Phi) is 11.4. The number of thioether (sulfide) groups is 2. The first-order chi connectivity index (χ1) is 13.2. The van der Waals surface area contributed by atoms with Crippen molar-refractivity contribution in [1.29, 1.82) is 0 Å². The van der Waals surface area contributed by atoms with E-state index in [1.165, 1.54) is 4.90 Å². The molecule has 0 N–H and O–H groups in total. The van der Waals surface area contributed by atoms with Crippen LogP contribution in [0.25, 0.3) is 0 Å². The molecule has 0 saturated carbocycles. The van der Waals surface area contributed by atoms with Crippen molar-refractivity contribution >= 4 is 54.7 Å². The molecule has 9 heteroatoms. The van der Waals surface area contributed by atoms with Crippen molar-refractivity contribution in [1.82, 2.24) is 4.90 Å². The third-order valence-electron chi connectivity index (χ3n) is 3.29. The zero-order chi connectivity index (χ0) is 21.2. The maximum absolute atomic E-state index is 13.1. The van der Waals surface area contributed by atoms with Gasteiger partial charge in [-0.25, -0.2) is 9.69 Å². The van der Waals surface area contributed by atoms with E-state index in [4.69, 9.17) is 21.3 Å². The number of rotatable bonds is 11. The van der Waals surface area contributed by atoms with Crippen molar-refractivity contribution < 1.29 is 19.1 Å². The highest BCUT2D eigenvalue weighted by atomic mass is 32.4. The van der Waals surface area contributed by atoms with E-state index in [-0.39, 0.29) is 37.6 Å². The highest BCUT2D eigenvalue weighted by Crippen LogP contribution is 2.52. The Morgan fingerprint density at radius 1 is 1.11 bits per heavy atom. The first kappa shape index (κ1) is 25.2. The average Bonchev–Trinajstić information content (AvgIpc) is 2.64. The molecule has 1 aromatic carbocycles. The van der Waals surface area contributed by atoms with Crippen LogP contribution < -0.4 is 0 Å². The molecule has 0 aromatic heterocycles. The molecule has 156 valence electrons. The molecule has 5 nitrogen and oxygen atoms in total. The molecule has 0 heterocycles. The Hall–Kier alpha value is -0.820. The monoisotopic (exact) mass is 462 g/mol. The first-order valence-corrected chi connectivity index (χ1v) is 13.0. The second-order valence-electron chi connectivity index (χ2n) is 6.45. The number of esters is 1. The van der Waals surface area contributed by atoms with Crippen molar-refractivity contribution in [2.45, 2.75) is 55.7 Å². The predicted molar refractivity (Wildman–Crippen MR) is 124 cm³/mol. The smallest absolute Gasteiger partial charge is 0.415 e. The minimum Gasteiger partial charge on any atom is -0.465 e. The Morgan fingerprint density at radius 3 is 2.14 bits per heavy atom. The number of nitrogens with zero attached hydrogens (tertiary/aromatic N) is 1. The normalized spacial score (nSPS) is 11.7. The highest BCUT2D eigenvalue weighted by Gasteiger charge is 2.50. The Bertz CT molecular complexity index is 633. The maximum Gasteiger partial charge on any atom is 0.415 e. The van der Waals surface area contributed by atoms with Gasteiger partial charge >= 0.3 is 16.0 Å². The van der Waals surface area contributed by atoms with Gasteiger partial charge in [0.25, 0.3) is 0 Å². The van der Waals surface area contributed by atoms with E-state index in [2.05, 4.69) is 0 Å². The van der Waals surface area contributed by atoms with Crippen LogP contribution in [-0.2, 0) is 32.7 Å². The first-order valence-electron chi connectivity index (χ1n) is 9.13. The summed E-state index contributed by atoms with van der Waals surface area (Å²) in [5, 5.41) is 0.432. The van der Waals surface area contributed by atoms with Gasteiger partial charge in [-0.2, -0.15) is 0 Å². The Balaban J connectivity index is 3.15. The third kappa shape index (κ3) is 8.27. The number of carbonyl (C=O) groups is 2. The van der Waals surface area contributed by atoms with Gasteiger partial charge in [0.15, 0.2) is 11.8 Å². The number of hydrogen-bond acceptors (Lipinski definition) is 7.